The molecule has 34 heavy (non-hydrogen) atoms. The number of benzene rings is 3. The number of ketones is 1. The minimum atomic E-state index is -3.96. The summed E-state index contributed by atoms with van der Waals surface area (Å²) in [6.07, 6.45) is 0.256. The maximum absolute atomic E-state index is 13.7. The quantitative estimate of drug-likeness (QED) is 0.416. The Kier molecular flexibility index (Phi) is 5.41. The lowest BCUT2D eigenvalue weighted by Gasteiger charge is -2.22. The largest absolute Gasteiger partial charge is 0.495 e. The molecule has 3 aromatic carbocycles. The van der Waals surface area contributed by atoms with Gasteiger partial charge in [-0.05, 0) is 48.9 Å². The first kappa shape index (κ1) is 21.8. The Balaban J connectivity index is 1.64. The van der Waals surface area contributed by atoms with Crippen molar-refractivity contribution in [1.29, 1.82) is 0 Å². The van der Waals surface area contributed by atoms with Gasteiger partial charge in [0.2, 0.25) is 0 Å². The molecule has 0 fully saturated rings. The van der Waals surface area contributed by atoms with Crippen LogP contribution in [-0.4, -0.2) is 37.9 Å². The van der Waals surface area contributed by atoms with E-state index in [9.17, 15) is 13.2 Å². The number of anilines is 3. The van der Waals surface area contributed by atoms with Crippen LogP contribution in [-0.2, 0) is 21.2 Å². The van der Waals surface area contributed by atoms with Gasteiger partial charge in [0.05, 0.1) is 28.7 Å². The van der Waals surface area contributed by atoms with Crippen molar-refractivity contribution < 1.29 is 17.9 Å². The fraction of sp³-hybridized carbons (Fsp3) is 0.160. The number of ether oxygens (including phenoxy) is 1. The molecule has 4 aromatic rings. The predicted molar refractivity (Wildman–Crippen MR) is 130 cm³/mol. The van der Waals surface area contributed by atoms with Crippen LogP contribution in [0.15, 0.2) is 77.7 Å². The van der Waals surface area contributed by atoms with Gasteiger partial charge in [0.25, 0.3) is 10.0 Å². The Bertz CT molecular complexity index is 1500. The molecule has 0 saturated carbocycles. The van der Waals surface area contributed by atoms with Gasteiger partial charge < -0.3 is 9.64 Å². The van der Waals surface area contributed by atoms with Crippen LogP contribution in [0, 0.1) is 0 Å². The summed E-state index contributed by atoms with van der Waals surface area (Å²) in [5.74, 6) is 1.28. The van der Waals surface area contributed by atoms with Gasteiger partial charge in [0.1, 0.15) is 18.2 Å². The van der Waals surface area contributed by atoms with Gasteiger partial charge in [-0.2, -0.15) is 0 Å². The number of sulfonamides is 1. The molecule has 9 heteroatoms. The monoisotopic (exact) mass is 474 g/mol. The second kappa shape index (κ2) is 8.42. The van der Waals surface area contributed by atoms with Crippen molar-refractivity contribution >= 4 is 44.2 Å². The van der Waals surface area contributed by atoms with Gasteiger partial charge >= 0.3 is 0 Å². The fourth-order valence-corrected chi connectivity index (χ4v) is 5.37. The van der Waals surface area contributed by atoms with Gasteiger partial charge in [-0.1, -0.05) is 36.4 Å². The number of methoxy groups -OCH3 is 1. The van der Waals surface area contributed by atoms with Crippen molar-refractivity contribution in [2.45, 2.75) is 18.2 Å². The molecule has 0 radical (unpaired) electrons. The van der Waals surface area contributed by atoms with Crippen LogP contribution in [0.25, 0.3) is 11.0 Å². The molecular formula is C25H22N4O4S. The molecule has 172 valence electrons. The highest BCUT2D eigenvalue weighted by Gasteiger charge is 2.39. The van der Waals surface area contributed by atoms with Crippen LogP contribution < -0.4 is 13.9 Å². The highest BCUT2D eigenvalue weighted by molar-refractivity contribution is 7.92. The van der Waals surface area contributed by atoms with Gasteiger partial charge in [-0.15, -0.1) is 0 Å². The molecule has 5 rings (SSSR count). The van der Waals surface area contributed by atoms with Crippen LogP contribution in [0.1, 0.15) is 12.5 Å². The normalized spacial score (nSPS) is 13.2. The van der Waals surface area contributed by atoms with E-state index in [4.69, 9.17) is 9.72 Å². The molecular weight excluding hydrogens is 452 g/mol. The molecule has 0 bridgehead atoms. The third kappa shape index (κ3) is 3.73. The SMILES string of the molecule is COc1ccccc1N1CN(S(=O)(=O)c2ccc(CC(C)=O)cc2)c2nc3ccccc3nc21. The average molecular weight is 475 g/mol. The second-order valence-electron chi connectivity index (χ2n) is 7.98. The number of aromatic nitrogens is 2. The summed E-state index contributed by atoms with van der Waals surface area (Å²) in [4.78, 5) is 22.7. The van der Waals surface area contributed by atoms with Crippen LogP contribution in [0.3, 0.4) is 0 Å². The third-order valence-corrected chi connectivity index (χ3v) is 7.37. The fourth-order valence-electron chi connectivity index (χ4n) is 4.02. The lowest BCUT2D eigenvalue weighted by Crippen LogP contribution is -2.34. The van der Waals surface area contributed by atoms with E-state index in [1.165, 1.54) is 23.4 Å². The first-order valence-corrected chi connectivity index (χ1v) is 12.1. The molecule has 0 amide bonds. The van der Waals surface area contributed by atoms with E-state index in [0.717, 1.165) is 5.56 Å². The molecule has 0 spiro atoms. The number of rotatable bonds is 6. The number of hydrogen-bond acceptors (Lipinski definition) is 7. The number of fused-ring (bicyclic) bond motifs is 2. The van der Waals surface area contributed by atoms with Gasteiger partial charge in [-0.25, -0.2) is 22.7 Å². The number of carbonyl (C=O) groups is 1. The topological polar surface area (TPSA) is 92.7 Å². The van der Waals surface area contributed by atoms with Crippen molar-refractivity contribution in [2.24, 2.45) is 0 Å². The zero-order chi connectivity index (χ0) is 23.9. The second-order valence-corrected chi connectivity index (χ2v) is 9.84. The van der Waals surface area contributed by atoms with E-state index in [-0.39, 0.29) is 29.6 Å². The molecule has 0 unspecified atom stereocenters. The van der Waals surface area contributed by atoms with Crippen LogP contribution in [0.2, 0.25) is 0 Å². The maximum atomic E-state index is 13.7. The summed E-state index contributed by atoms with van der Waals surface area (Å²) in [7, 11) is -2.39. The highest BCUT2D eigenvalue weighted by Crippen LogP contribution is 2.44. The Morgan fingerprint density at radius 3 is 2.18 bits per heavy atom. The highest BCUT2D eigenvalue weighted by atomic mass is 32.2. The molecule has 0 atom stereocenters. The standard InChI is InChI=1S/C25H22N4O4S/c1-17(30)15-18-11-13-19(14-12-18)34(31,32)29-16-28(22-9-5-6-10-23(22)33-2)24-25(29)27-21-8-4-3-7-20(21)26-24/h3-14H,15-16H2,1-2H3. The first-order valence-electron chi connectivity index (χ1n) is 10.7. The van der Waals surface area contributed by atoms with Gasteiger partial charge in [-0.3, -0.25) is 4.79 Å². The van der Waals surface area contributed by atoms with Gasteiger partial charge in [0.15, 0.2) is 11.6 Å². The third-order valence-electron chi connectivity index (χ3n) is 5.64. The van der Waals surface area contributed by atoms with Crippen molar-refractivity contribution in [1.82, 2.24) is 9.97 Å². The zero-order valence-corrected chi connectivity index (χ0v) is 19.5. The Morgan fingerprint density at radius 1 is 0.912 bits per heavy atom. The molecule has 1 aliphatic heterocycles. The molecule has 1 aliphatic rings. The number of carbonyl (C=O) groups excluding carboxylic acids is 1. The van der Waals surface area contributed by atoms with Crippen molar-refractivity contribution in [3.05, 3.63) is 78.4 Å². The van der Waals surface area contributed by atoms with Gasteiger partial charge in [0, 0.05) is 6.42 Å². The minimum absolute atomic E-state index is 0.0104. The molecule has 0 N–H and O–H groups in total. The number of para-hydroxylation sites is 4. The Labute approximate surface area is 197 Å². The maximum Gasteiger partial charge on any atom is 0.267 e. The zero-order valence-electron chi connectivity index (χ0n) is 18.7. The van der Waals surface area contributed by atoms with Crippen LogP contribution in [0.4, 0.5) is 17.3 Å². The molecule has 0 saturated heterocycles. The van der Waals surface area contributed by atoms with E-state index < -0.39 is 10.0 Å². The minimum Gasteiger partial charge on any atom is -0.495 e. The summed E-state index contributed by atoms with van der Waals surface area (Å²) >= 11 is 0. The lowest BCUT2D eigenvalue weighted by atomic mass is 10.1. The summed E-state index contributed by atoms with van der Waals surface area (Å²) in [6, 6.07) is 21.1. The Hall–Kier alpha value is -3.98. The first-order chi connectivity index (χ1) is 16.4. The van der Waals surface area contributed by atoms with Crippen molar-refractivity contribution in [3.63, 3.8) is 0 Å². The van der Waals surface area contributed by atoms with E-state index in [1.807, 2.05) is 42.5 Å². The van der Waals surface area contributed by atoms with Crippen molar-refractivity contribution in [2.75, 3.05) is 23.0 Å². The summed E-state index contributed by atoms with van der Waals surface area (Å²) in [6.45, 7) is 1.49. The van der Waals surface area contributed by atoms with Crippen LogP contribution in [0.5, 0.6) is 5.75 Å². The van der Waals surface area contributed by atoms with E-state index in [2.05, 4.69) is 4.98 Å². The molecule has 1 aromatic heterocycles. The average Bonchev–Trinajstić information content (AvgIpc) is 3.21. The number of Topliss-reactive ketones (excluding diaryl/α,β-unsaturated/α-hetero) is 1. The Morgan fingerprint density at radius 2 is 1.53 bits per heavy atom. The van der Waals surface area contributed by atoms with Crippen molar-refractivity contribution in [3.8, 4) is 5.75 Å². The van der Waals surface area contributed by atoms with E-state index >= 15 is 0 Å². The van der Waals surface area contributed by atoms with E-state index in [0.29, 0.717) is 28.3 Å². The lowest BCUT2D eigenvalue weighted by molar-refractivity contribution is -0.116. The smallest absolute Gasteiger partial charge is 0.267 e. The summed E-state index contributed by atoms with van der Waals surface area (Å²) in [5.41, 5.74) is 2.70. The summed E-state index contributed by atoms with van der Waals surface area (Å²) < 4.78 is 34.2. The summed E-state index contributed by atoms with van der Waals surface area (Å²) in [5, 5.41) is 0. The molecule has 8 nitrogen and oxygen atoms in total. The van der Waals surface area contributed by atoms with E-state index in [1.54, 1.807) is 30.2 Å². The van der Waals surface area contributed by atoms with Crippen LogP contribution >= 0.6 is 0 Å². The number of hydrogen-bond donors (Lipinski definition) is 0. The predicted octanol–water partition coefficient (Wildman–Crippen LogP) is 4.07. The molecule has 2 heterocycles. The number of nitrogens with zero attached hydrogens (tertiary/aromatic N) is 4. The molecule has 0 aliphatic carbocycles.